The molecule has 2 heterocycles. The molecule has 0 aromatic carbocycles. The zero-order chi connectivity index (χ0) is 18.6. The fourth-order valence-electron chi connectivity index (χ4n) is 4.62. The van der Waals surface area contributed by atoms with E-state index in [1.54, 1.807) is 17.3 Å². The molecule has 4 rings (SSSR count). The van der Waals surface area contributed by atoms with Gasteiger partial charge in [0.15, 0.2) is 0 Å². The Bertz CT molecular complexity index is 729. The van der Waals surface area contributed by atoms with E-state index in [9.17, 15) is 9.59 Å². The standard InChI is InChI=1S/C20H27N3O3/c1-18(2)20(12-15(20)13-26-18)17(25)23(3)11-10-22-16(24)19(6-7-19)14-4-8-21-9-5-14/h4-5,8-9,15H,6-7,10-13H2,1-3H3,(H,22,24). The summed E-state index contributed by atoms with van der Waals surface area (Å²) in [4.78, 5) is 31.4. The van der Waals surface area contributed by atoms with Gasteiger partial charge in [-0.2, -0.15) is 0 Å². The highest BCUT2D eigenvalue weighted by Gasteiger charge is 2.73. The number of carbonyl (C=O) groups is 2. The maximum absolute atomic E-state index is 13.0. The molecule has 0 bridgehead atoms. The van der Waals surface area contributed by atoms with Gasteiger partial charge in [-0.1, -0.05) is 0 Å². The highest BCUT2D eigenvalue weighted by molar-refractivity contribution is 5.91. The van der Waals surface area contributed by atoms with Crippen molar-refractivity contribution in [1.82, 2.24) is 15.2 Å². The Hall–Kier alpha value is -1.95. The summed E-state index contributed by atoms with van der Waals surface area (Å²) < 4.78 is 5.80. The quantitative estimate of drug-likeness (QED) is 0.838. The minimum Gasteiger partial charge on any atom is -0.374 e. The van der Waals surface area contributed by atoms with Gasteiger partial charge in [-0.15, -0.1) is 0 Å². The van der Waals surface area contributed by atoms with Gasteiger partial charge in [-0.3, -0.25) is 14.6 Å². The molecule has 2 amide bonds. The fraction of sp³-hybridized carbons (Fsp3) is 0.650. The van der Waals surface area contributed by atoms with Gasteiger partial charge in [0.25, 0.3) is 0 Å². The van der Waals surface area contributed by atoms with E-state index < -0.39 is 11.0 Å². The van der Waals surface area contributed by atoms with E-state index in [0.29, 0.717) is 25.6 Å². The molecule has 1 aliphatic heterocycles. The van der Waals surface area contributed by atoms with Gasteiger partial charge in [-0.05, 0) is 50.8 Å². The number of pyridine rings is 1. The lowest BCUT2D eigenvalue weighted by Gasteiger charge is -2.32. The zero-order valence-corrected chi connectivity index (χ0v) is 15.7. The molecule has 2 atom stereocenters. The molecule has 3 fully saturated rings. The minimum atomic E-state index is -0.397. The molecule has 3 aliphatic rings. The van der Waals surface area contributed by atoms with Crippen LogP contribution in [-0.2, 0) is 19.7 Å². The summed E-state index contributed by atoms with van der Waals surface area (Å²) in [5.41, 5.74) is -0.127. The van der Waals surface area contributed by atoms with Crippen LogP contribution >= 0.6 is 0 Å². The van der Waals surface area contributed by atoms with Crippen molar-refractivity contribution in [3.63, 3.8) is 0 Å². The summed E-state index contributed by atoms with van der Waals surface area (Å²) >= 11 is 0. The average Bonchev–Trinajstić information content (AvgIpc) is 3.53. The zero-order valence-electron chi connectivity index (χ0n) is 15.7. The highest BCUT2D eigenvalue weighted by Crippen LogP contribution is 2.66. The molecule has 0 spiro atoms. The second-order valence-electron chi connectivity index (χ2n) is 8.49. The lowest BCUT2D eigenvalue weighted by atomic mass is 9.85. The second-order valence-corrected chi connectivity index (χ2v) is 8.49. The topological polar surface area (TPSA) is 71.5 Å². The smallest absolute Gasteiger partial charge is 0.231 e. The van der Waals surface area contributed by atoms with Crippen LogP contribution in [0.25, 0.3) is 0 Å². The van der Waals surface area contributed by atoms with Crippen molar-refractivity contribution in [3.05, 3.63) is 30.1 Å². The van der Waals surface area contributed by atoms with Crippen molar-refractivity contribution in [1.29, 1.82) is 0 Å². The Morgan fingerprint density at radius 2 is 2.00 bits per heavy atom. The summed E-state index contributed by atoms with van der Waals surface area (Å²) in [7, 11) is 1.82. The summed E-state index contributed by atoms with van der Waals surface area (Å²) in [5, 5.41) is 3.02. The van der Waals surface area contributed by atoms with Crippen LogP contribution < -0.4 is 5.32 Å². The van der Waals surface area contributed by atoms with Crippen LogP contribution in [-0.4, -0.2) is 54.0 Å². The predicted octanol–water partition coefficient (Wildman–Crippen LogP) is 1.50. The molecular weight excluding hydrogens is 330 g/mol. The van der Waals surface area contributed by atoms with Gasteiger partial charge in [0.2, 0.25) is 11.8 Å². The van der Waals surface area contributed by atoms with E-state index >= 15 is 0 Å². The number of ether oxygens (including phenoxy) is 1. The Labute approximate surface area is 154 Å². The average molecular weight is 357 g/mol. The number of likely N-dealkylation sites (N-methyl/N-ethyl adjacent to an activating group) is 1. The molecule has 2 unspecified atom stereocenters. The van der Waals surface area contributed by atoms with Crippen LogP contribution in [0.2, 0.25) is 0 Å². The third kappa shape index (κ3) is 2.46. The molecule has 1 saturated heterocycles. The number of carbonyl (C=O) groups excluding carboxylic acids is 2. The number of rotatable bonds is 6. The summed E-state index contributed by atoms with van der Waals surface area (Å²) in [6.45, 7) is 5.69. The van der Waals surface area contributed by atoms with Gasteiger partial charge in [0.1, 0.15) is 0 Å². The first kappa shape index (κ1) is 17.5. The van der Waals surface area contributed by atoms with E-state index in [4.69, 9.17) is 4.74 Å². The van der Waals surface area contributed by atoms with E-state index in [0.717, 1.165) is 24.8 Å². The number of hydrogen-bond donors (Lipinski definition) is 1. The Morgan fingerprint density at radius 3 is 2.54 bits per heavy atom. The van der Waals surface area contributed by atoms with Crippen molar-refractivity contribution in [2.75, 3.05) is 26.7 Å². The fourth-order valence-corrected chi connectivity index (χ4v) is 4.62. The molecule has 26 heavy (non-hydrogen) atoms. The normalized spacial score (nSPS) is 29.6. The Morgan fingerprint density at radius 1 is 1.31 bits per heavy atom. The minimum absolute atomic E-state index is 0.0524. The van der Waals surface area contributed by atoms with Gasteiger partial charge < -0.3 is 15.0 Å². The van der Waals surface area contributed by atoms with Crippen molar-refractivity contribution >= 4 is 11.8 Å². The summed E-state index contributed by atoms with van der Waals surface area (Å²) in [6, 6.07) is 3.83. The second kappa shape index (κ2) is 5.78. The molecule has 140 valence electrons. The largest absolute Gasteiger partial charge is 0.374 e. The van der Waals surface area contributed by atoms with Crippen molar-refractivity contribution in [2.24, 2.45) is 11.3 Å². The highest BCUT2D eigenvalue weighted by atomic mass is 16.5. The number of hydrogen-bond acceptors (Lipinski definition) is 4. The molecule has 6 nitrogen and oxygen atoms in total. The molecule has 1 aromatic rings. The Kier molecular flexibility index (Phi) is 3.88. The third-order valence-electron chi connectivity index (χ3n) is 6.70. The number of nitrogens with one attached hydrogen (secondary N) is 1. The monoisotopic (exact) mass is 357 g/mol. The van der Waals surface area contributed by atoms with Crippen LogP contribution in [0.1, 0.15) is 38.7 Å². The van der Waals surface area contributed by atoms with Gasteiger partial charge in [0.05, 0.1) is 23.0 Å². The van der Waals surface area contributed by atoms with Crippen molar-refractivity contribution < 1.29 is 14.3 Å². The lowest BCUT2D eigenvalue weighted by Crippen LogP contribution is -2.47. The predicted molar refractivity (Wildman–Crippen MR) is 96.4 cm³/mol. The maximum Gasteiger partial charge on any atom is 0.231 e. The van der Waals surface area contributed by atoms with E-state index in [-0.39, 0.29) is 17.2 Å². The number of aromatic nitrogens is 1. The van der Waals surface area contributed by atoms with E-state index in [1.165, 1.54) is 0 Å². The van der Waals surface area contributed by atoms with Crippen LogP contribution in [0, 0.1) is 11.3 Å². The molecule has 1 N–H and O–H groups in total. The van der Waals surface area contributed by atoms with Gasteiger partial charge >= 0.3 is 0 Å². The van der Waals surface area contributed by atoms with Gasteiger partial charge in [-0.25, -0.2) is 0 Å². The first-order valence-corrected chi connectivity index (χ1v) is 9.42. The number of amides is 2. The van der Waals surface area contributed by atoms with Crippen LogP contribution in [0.5, 0.6) is 0 Å². The molecule has 2 aliphatic carbocycles. The van der Waals surface area contributed by atoms with E-state index in [2.05, 4.69) is 10.3 Å². The third-order valence-corrected chi connectivity index (χ3v) is 6.70. The molecular formula is C20H27N3O3. The lowest BCUT2D eigenvalue weighted by molar-refractivity contribution is -0.144. The SMILES string of the molecule is CN(CCNC(=O)C1(c2ccncc2)CC1)C(=O)C12CC1COC2(C)C. The number of fused-ring (bicyclic) bond motifs is 1. The van der Waals surface area contributed by atoms with Crippen LogP contribution in [0.3, 0.4) is 0 Å². The maximum atomic E-state index is 13.0. The molecule has 0 radical (unpaired) electrons. The van der Waals surface area contributed by atoms with Crippen molar-refractivity contribution in [2.45, 2.75) is 44.1 Å². The van der Waals surface area contributed by atoms with Crippen LogP contribution in [0.4, 0.5) is 0 Å². The van der Waals surface area contributed by atoms with Gasteiger partial charge in [0, 0.05) is 38.4 Å². The van der Waals surface area contributed by atoms with Crippen molar-refractivity contribution in [3.8, 4) is 0 Å². The Balaban J connectivity index is 1.31. The number of nitrogens with zero attached hydrogens (tertiary/aromatic N) is 2. The first-order chi connectivity index (χ1) is 12.3. The summed E-state index contributed by atoms with van der Waals surface area (Å²) in [6.07, 6.45) is 6.11. The summed E-state index contributed by atoms with van der Waals surface area (Å²) in [5.74, 6) is 0.550. The first-order valence-electron chi connectivity index (χ1n) is 9.42. The van der Waals surface area contributed by atoms with E-state index in [1.807, 2.05) is 33.0 Å². The van der Waals surface area contributed by atoms with Crippen LogP contribution in [0.15, 0.2) is 24.5 Å². The molecule has 1 aromatic heterocycles. The molecule has 2 saturated carbocycles. The molecule has 6 heteroatoms.